The van der Waals surface area contributed by atoms with E-state index in [1.165, 1.54) is 12.8 Å². The lowest BCUT2D eigenvalue weighted by atomic mass is 9.85. The van der Waals surface area contributed by atoms with E-state index in [0.717, 1.165) is 25.6 Å². The van der Waals surface area contributed by atoms with Crippen LogP contribution in [0.1, 0.15) is 40.5 Å². The predicted octanol–water partition coefficient (Wildman–Crippen LogP) is 1.87. The smallest absolute Gasteiger partial charge is 0.0615 e. The Balaban J connectivity index is 2.08. The molecule has 2 fully saturated rings. The number of hydrogen-bond acceptors (Lipinski definition) is 3. The average Bonchev–Trinajstić information content (AvgIpc) is 3.06. The minimum Gasteiger partial charge on any atom is -0.383 e. The second-order valence-corrected chi connectivity index (χ2v) is 6.79. The Bertz CT molecular complexity index is 275. The molecule has 0 aromatic rings. The van der Waals surface area contributed by atoms with Crippen molar-refractivity contribution in [1.82, 2.24) is 10.2 Å². The molecule has 0 amide bonds. The van der Waals surface area contributed by atoms with Gasteiger partial charge in [-0.25, -0.2) is 0 Å². The van der Waals surface area contributed by atoms with E-state index in [-0.39, 0.29) is 5.54 Å². The molecule has 2 rings (SSSR count). The summed E-state index contributed by atoms with van der Waals surface area (Å²) in [5.74, 6) is 0.885. The van der Waals surface area contributed by atoms with Gasteiger partial charge in [0, 0.05) is 37.3 Å². The van der Waals surface area contributed by atoms with Crippen molar-refractivity contribution < 1.29 is 4.74 Å². The first-order valence-electron chi connectivity index (χ1n) is 6.90. The van der Waals surface area contributed by atoms with Gasteiger partial charge in [0.2, 0.25) is 0 Å². The van der Waals surface area contributed by atoms with Crippen LogP contribution in [-0.2, 0) is 4.74 Å². The SMILES string of the molecule is COCC(C)N1CC(C)(C2CC2)NCC1(C)C. The van der Waals surface area contributed by atoms with Crippen LogP contribution < -0.4 is 5.32 Å². The highest BCUT2D eigenvalue weighted by atomic mass is 16.5. The predicted molar refractivity (Wildman–Crippen MR) is 71.3 cm³/mol. The first-order chi connectivity index (χ1) is 7.89. The number of hydrogen-bond donors (Lipinski definition) is 1. The van der Waals surface area contributed by atoms with Crippen LogP contribution in [0.2, 0.25) is 0 Å². The Morgan fingerprint density at radius 3 is 2.53 bits per heavy atom. The van der Waals surface area contributed by atoms with E-state index in [2.05, 4.69) is 37.9 Å². The van der Waals surface area contributed by atoms with Crippen LogP contribution in [0.3, 0.4) is 0 Å². The van der Waals surface area contributed by atoms with E-state index in [1.807, 2.05) is 0 Å². The molecule has 1 aliphatic carbocycles. The molecule has 3 heteroatoms. The van der Waals surface area contributed by atoms with Gasteiger partial charge in [-0.3, -0.25) is 4.90 Å². The first-order valence-corrected chi connectivity index (χ1v) is 6.90. The van der Waals surface area contributed by atoms with E-state index >= 15 is 0 Å². The number of piperazine rings is 1. The summed E-state index contributed by atoms with van der Waals surface area (Å²) in [5, 5.41) is 3.79. The lowest BCUT2D eigenvalue weighted by molar-refractivity contribution is -0.0265. The Kier molecular flexibility index (Phi) is 3.54. The van der Waals surface area contributed by atoms with Gasteiger partial charge in [-0.15, -0.1) is 0 Å². The molecule has 0 spiro atoms. The molecular formula is C14H28N2O. The van der Waals surface area contributed by atoms with Gasteiger partial charge in [-0.05, 0) is 46.5 Å². The third-order valence-corrected chi connectivity index (χ3v) is 4.62. The fourth-order valence-electron chi connectivity index (χ4n) is 3.22. The van der Waals surface area contributed by atoms with E-state index < -0.39 is 0 Å². The number of ether oxygens (including phenoxy) is 1. The molecule has 1 saturated carbocycles. The second-order valence-electron chi connectivity index (χ2n) is 6.79. The summed E-state index contributed by atoms with van der Waals surface area (Å²) in [5.41, 5.74) is 0.546. The normalized spacial score (nSPS) is 35.8. The van der Waals surface area contributed by atoms with Crippen LogP contribution in [0, 0.1) is 5.92 Å². The Morgan fingerprint density at radius 1 is 1.35 bits per heavy atom. The van der Waals surface area contributed by atoms with Gasteiger partial charge < -0.3 is 10.1 Å². The largest absolute Gasteiger partial charge is 0.383 e. The van der Waals surface area contributed by atoms with Crippen LogP contribution in [0.15, 0.2) is 0 Å². The summed E-state index contributed by atoms with van der Waals surface area (Å²) in [7, 11) is 1.80. The van der Waals surface area contributed by atoms with Crippen molar-refractivity contribution in [3.63, 3.8) is 0 Å². The third kappa shape index (κ3) is 2.67. The van der Waals surface area contributed by atoms with Crippen molar-refractivity contribution in [1.29, 1.82) is 0 Å². The number of rotatable bonds is 4. The fraction of sp³-hybridized carbons (Fsp3) is 1.00. The van der Waals surface area contributed by atoms with Gasteiger partial charge in [0.1, 0.15) is 0 Å². The number of nitrogens with zero attached hydrogens (tertiary/aromatic N) is 1. The number of nitrogens with one attached hydrogen (secondary N) is 1. The van der Waals surface area contributed by atoms with Gasteiger partial charge in [-0.2, -0.15) is 0 Å². The molecule has 1 heterocycles. The third-order valence-electron chi connectivity index (χ3n) is 4.62. The monoisotopic (exact) mass is 240 g/mol. The maximum absolute atomic E-state index is 5.33. The van der Waals surface area contributed by atoms with E-state index in [0.29, 0.717) is 11.6 Å². The molecule has 0 aromatic heterocycles. The van der Waals surface area contributed by atoms with Crippen LogP contribution in [0.4, 0.5) is 0 Å². The molecule has 1 saturated heterocycles. The molecule has 2 atom stereocenters. The fourth-order valence-corrected chi connectivity index (χ4v) is 3.22. The lowest BCUT2D eigenvalue weighted by Crippen LogP contribution is -2.70. The van der Waals surface area contributed by atoms with Gasteiger partial charge in [0.15, 0.2) is 0 Å². The highest BCUT2D eigenvalue weighted by molar-refractivity contribution is 5.07. The maximum Gasteiger partial charge on any atom is 0.0615 e. The van der Waals surface area contributed by atoms with Crippen molar-refractivity contribution in [3.05, 3.63) is 0 Å². The van der Waals surface area contributed by atoms with Crippen molar-refractivity contribution in [3.8, 4) is 0 Å². The summed E-state index contributed by atoms with van der Waals surface area (Å²) in [6.45, 7) is 12.4. The van der Waals surface area contributed by atoms with E-state index in [9.17, 15) is 0 Å². The average molecular weight is 240 g/mol. The zero-order valence-corrected chi connectivity index (χ0v) is 12.0. The molecule has 0 bridgehead atoms. The highest BCUT2D eigenvalue weighted by Gasteiger charge is 2.48. The van der Waals surface area contributed by atoms with Gasteiger partial charge in [0.25, 0.3) is 0 Å². The molecule has 2 aliphatic rings. The number of methoxy groups -OCH3 is 1. The zero-order chi connectivity index (χ0) is 12.7. The summed E-state index contributed by atoms with van der Waals surface area (Å²) in [6, 6.07) is 0.496. The molecular weight excluding hydrogens is 212 g/mol. The standard InChI is InChI=1S/C14H28N2O/c1-11(8-17-5)16-10-14(4,12-6-7-12)15-9-13(16,2)3/h11-12,15H,6-10H2,1-5H3. The topological polar surface area (TPSA) is 24.5 Å². The van der Waals surface area contributed by atoms with Gasteiger partial charge in [-0.1, -0.05) is 0 Å². The zero-order valence-electron chi connectivity index (χ0n) is 12.0. The summed E-state index contributed by atoms with van der Waals surface area (Å²) >= 11 is 0. The van der Waals surface area contributed by atoms with Crippen molar-refractivity contribution in [2.24, 2.45) is 5.92 Å². The van der Waals surface area contributed by atoms with Gasteiger partial charge in [0.05, 0.1) is 6.61 Å². The van der Waals surface area contributed by atoms with E-state index in [4.69, 9.17) is 4.74 Å². The molecule has 17 heavy (non-hydrogen) atoms. The lowest BCUT2D eigenvalue weighted by Gasteiger charge is -2.53. The molecule has 0 radical (unpaired) electrons. The highest BCUT2D eigenvalue weighted by Crippen LogP contribution is 2.42. The van der Waals surface area contributed by atoms with E-state index in [1.54, 1.807) is 7.11 Å². The van der Waals surface area contributed by atoms with Crippen LogP contribution in [0.25, 0.3) is 0 Å². The first kappa shape index (κ1) is 13.3. The van der Waals surface area contributed by atoms with Gasteiger partial charge >= 0.3 is 0 Å². The second kappa shape index (κ2) is 4.52. The molecule has 1 aliphatic heterocycles. The maximum atomic E-state index is 5.33. The minimum absolute atomic E-state index is 0.229. The molecule has 1 N–H and O–H groups in total. The Hall–Kier alpha value is -0.120. The van der Waals surface area contributed by atoms with Crippen molar-refractivity contribution in [2.75, 3.05) is 26.8 Å². The van der Waals surface area contributed by atoms with Crippen LogP contribution in [-0.4, -0.2) is 48.8 Å². The minimum atomic E-state index is 0.229. The van der Waals surface area contributed by atoms with Crippen LogP contribution >= 0.6 is 0 Å². The Labute approximate surface area is 106 Å². The van der Waals surface area contributed by atoms with Crippen molar-refractivity contribution in [2.45, 2.75) is 57.7 Å². The van der Waals surface area contributed by atoms with Crippen LogP contribution in [0.5, 0.6) is 0 Å². The molecule has 3 nitrogen and oxygen atoms in total. The summed E-state index contributed by atoms with van der Waals surface area (Å²) in [4.78, 5) is 2.63. The summed E-state index contributed by atoms with van der Waals surface area (Å²) < 4.78 is 5.33. The molecule has 0 aromatic carbocycles. The Morgan fingerprint density at radius 2 is 2.00 bits per heavy atom. The molecule has 100 valence electrons. The quantitative estimate of drug-likeness (QED) is 0.812. The molecule has 2 unspecified atom stereocenters. The van der Waals surface area contributed by atoms with Crippen molar-refractivity contribution >= 4 is 0 Å². The summed E-state index contributed by atoms with van der Waals surface area (Å²) in [6.07, 6.45) is 2.80.